The number of carbonyl (C=O) groups excluding carboxylic acids is 2. The maximum Gasteiger partial charge on any atom is 0.326 e. The SMILES string of the molecule is CCNC(=O)CSCCC(NC=O)C(=O)O. The Balaban J connectivity index is 3.65. The van der Waals surface area contributed by atoms with Crippen LogP contribution < -0.4 is 10.6 Å². The van der Waals surface area contributed by atoms with Gasteiger partial charge in [0.05, 0.1) is 5.75 Å². The van der Waals surface area contributed by atoms with Crippen LogP contribution in [0.2, 0.25) is 0 Å². The lowest BCUT2D eigenvalue weighted by atomic mass is 10.2. The van der Waals surface area contributed by atoms with Gasteiger partial charge in [-0.3, -0.25) is 9.59 Å². The van der Waals surface area contributed by atoms with Crippen LogP contribution in [0.25, 0.3) is 0 Å². The van der Waals surface area contributed by atoms with Crippen LogP contribution >= 0.6 is 11.8 Å². The maximum absolute atomic E-state index is 11.0. The highest BCUT2D eigenvalue weighted by molar-refractivity contribution is 7.99. The van der Waals surface area contributed by atoms with Gasteiger partial charge >= 0.3 is 5.97 Å². The zero-order chi connectivity index (χ0) is 12.4. The zero-order valence-electron chi connectivity index (χ0n) is 9.06. The molecule has 7 heteroatoms. The molecule has 0 aliphatic carbocycles. The van der Waals surface area contributed by atoms with E-state index in [0.29, 0.717) is 30.9 Å². The van der Waals surface area contributed by atoms with E-state index in [-0.39, 0.29) is 5.91 Å². The van der Waals surface area contributed by atoms with Gasteiger partial charge in [0.2, 0.25) is 12.3 Å². The molecule has 16 heavy (non-hydrogen) atoms. The molecule has 0 radical (unpaired) electrons. The number of aliphatic carboxylic acids is 1. The third kappa shape index (κ3) is 7.10. The molecule has 0 spiro atoms. The van der Waals surface area contributed by atoms with Crippen LogP contribution in [0.4, 0.5) is 0 Å². The molecule has 0 rings (SSSR count). The number of amides is 2. The molecule has 92 valence electrons. The number of thioether (sulfide) groups is 1. The number of carbonyl (C=O) groups is 3. The van der Waals surface area contributed by atoms with Gasteiger partial charge in [-0.1, -0.05) is 0 Å². The summed E-state index contributed by atoms with van der Waals surface area (Å²) in [6, 6.07) is -0.876. The maximum atomic E-state index is 11.0. The Morgan fingerprint density at radius 2 is 2.19 bits per heavy atom. The Morgan fingerprint density at radius 1 is 1.50 bits per heavy atom. The standard InChI is InChI=1S/C9H16N2O4S/c1-2-10-8(13)5-16-4-3-7(9(14)15)11-6-12/h6-7H,2-5H2,1H3,(H,10,13)(H,11,12)(H,14,15). The summed E-state index contributed by atoms with van der Waals surface area (Å²) in [4.78, 5) is 31.7. The van der Waals surface area contributed by atoms with E-state index >= 15 is 0 Å². The van der Waals surface area contributed by atoms with Gasteiger partial charge in [0, 0.05) is 6.54 Å². The summed E-state index contributed by atoms with van der Waals surface area (Å²) in [5.74, 6) is -0.315. The Hall–Kier alpha value is -1.24. The smallest absolute Gasteiger partial charge is 0.326 e. The molecule has 0 fully saturated rings. The van der Waals surface area contributed by atoms with Crippen molar-refractivity contribution in [3.63, 3.8) is 0 Å². The van der Waals surface area contributed by atoms with Crippen molar-refractivity contribution >= 4 is 30.0 Å². The minimum absolute atomic E-state index is 0.0669. The normalized spacial score (nSPS) is 11.6. The third-order valence-corrected chi connectivity index (χ3v) is 2.72. The molecule has 2 amide bonds. The van der Waals surface area contributed by atoms with Gasteiger partial charge in [-0.15, -0.1) is 0 Å². The predicted octanol–water partition coefficient (Wildman–Crippen LogP) is -0.555. The molecule has 0 saturated carbocycles. The van der Waals surface area contributed by atoms with Crippen LogP contribution in [0, 0.1) is 0 Å². The topological polar surface area (TPSA) is 95.5 Å². The van der Waals surface area contributed by atoms with Crippen LogP contribution in [0.15, 0.2) is 0 Å². The zero-order valence-corrected chi connectivity index (χ0v) is 9.88. The van der Waals surface area contributed by atoms with E-state index in [2.05, 4.69) is 10.6 Å². The summed E-state index contributed by atoms with van der Waals surface area (Å²) in [5.41, 5.74) is 0. The van der Waals surface area contributed by atoms with Crippen molar-refractivity contribution in [2.75, 3.05) is 18.1 Å². The van der Waals surface area contributed by atoms with Crippen LogP contribution in [0.5, 0.6) is 0 Å². The summed E-state index contributed by atoms with van der Waals surface area (Å²) in [6.45, 7) is 2.42. The van der Waals surface area contributed by atoms with Crippen molar-refractivity contribution < 1.29 is 19.5 Å². The van der Waals surface area contributed by atoms with Gasteiger partial charge in [-0.05, 0) is 19.1 Å². The van der Waals surface area contributed by atoms with Gasteiger partial charge in [0.25, 0.3) is 0 Å². The Labute approximate surface area is 98.2 Å². The molecule has 0 aliphatic rings. The summed E-state index contributed by atoms with van der Waals surface area (Å²) >= 11 is 1.34. The van der Waals surface area contributed by atoms with Gasteiger partial charge in [-0.25, -0.2) is 4.79 Å². The number of hydrogen-bond donors (Lipinski definition) is 3. The van der Waals surface area contributed by atoms with E-state index in [1.54, 1.807) is 0 Å². The summed E-state index contributed by atoms with van der Waals surface area (Å²) in [7, 11) is 0. The minimum Gasteiger partial charge on any atom is -0.480 e. The van der Waals surface area contributed by atoms with Gasteiger partial charge in [0.15, 0.2) is 0 Å². The van der Waals surface area contributed by atoms with Gasteiger partial charge < -0.3 is 15.7 Å². The number of nitrogens with one attached hydrogen (secondary N) is 2. The van der Waals surface area contributed by atoms with E-state index in [4.69, 9.17) is 5.11 Å². The number of rotatable bonds is 9. The average molecular weight is 248 g/mol. The van der Waals surface area contributed by atoms with E-state index in [9.17, 15) is 14.4 Å². The molecule has 0 saturated heterocycles. The largest absolute Gasteiger partial charge is 0.480 e. The second-order valence-electron chi connectivity index (χ2n) is 2.97. The first-order valence-electron chi connectivity index (χ1n) is 4.88. The van der Waals surface area contributed by atoms with E-state index in [0.717, 1.165) is 0 Å². The van der Waals surface area contributed by atoms with Crippen LogP contribution in [0.1, 0.15) is 13.3 Å². The quantitative estimate of drug-likeness (QED) is 0.376. The first-order valence-corrected chi connectivity index (χ1v) is 6.04. The Bertz CT molecular complexity index is 248. The number of hydrogen-bond acceptors (Lipinski definition) is 4. The molecule has 1 atom stereocenters. The Kier molecular flexibility index (Phi) is 8.32. The summed E-state index contributed by atoms with van der Waals surface area (Å²) in [5, 5.41) is 13.5. The minimum atomic E-state index is -1.06. The molecule has 0 aromatic rings. The van der Waals surface area contributed by atoms with Gasteiger partial charge in [-0.2, -0.15) is 11.8 Å². The summed E-state index contributed by atoms with van der Waals surface area (Å²) < 4.78 is 0. The number of carboxylic acid groups (broad SMARTS) is 1. The highest BCUT2D eigenvalue weighted by Crippen LogP contribution is 2.04. The van der Waals surface area contributed by atoms with Gasteiger partial charge in [0.1, 0.15) is 6.04 Å². The predicted molar refractivity (Wildman–Crippen MR) is 61.2 cm³/mol. The van der Waals surface area contributed by atoms with Crippen molar-refractivity contribution in [3.8, 4) is 0 Å². The fraction of sp³-hybridized carbons (Fsp3) is 0.667. The molecule has 1 unspecified atom stereocenters. The van der Waals surface area contributed by atoms with Crippen molar-refractivity contribution in [2.24, 2.45) is 0 Å². The van der Waals surface area contributed by atoms with Crippen LogP contribution in [-0.4, -0.2) is 47.5 Å². The van der Waals surface area contributed by atoms with Crippen LogP contribution in [0.3, 0.4) is 0 Å². The monoisotopic (exact) mass is 248 g/mol. The summed E-state index contributed by atoms with van der Waals surface area (Å²) in [6.07, 6.45) is 0.672. The third-order valence-electron chi connectivity index (χ3n) is 1.73. The fourth-order valence-electron chi connectivity index (χ4n) is 0.974. The highest BCUT2D eigenvalue weighted by atomic mass is 32.2. The lowest BCUT2D eigenvalue weighted by Crippen LogP contribution is -2.36. The second kappa shape index (κ2) is 9.02. The molecule has 0 aliphatic heterocycles. The Morgan fingerprint density at radius 3 is 2.69 bits per heavy atom. The molecule has 6 nitrogen and oxygen atoms in total. The fourth-order valence-corrected chi connectivity index (χ4v) is 1.81. The lowest BCUT2D eigenvalue weighted by Gasteiger charge is -2.10. The average Bonchev–Trinajstić information content (AvgIpc) is 2.22. The molecule has 3 N–H and O–H groups in total. The second-order valence-corrected chi connectivity index (χ2v) is 4.08. The molecular formula is C9H16N2O4S. The highest BCUT2D eigenvalue weighted by Gasteiger charge is 2.15. The number of carboxylic acids is 1. The van der Waals surface area contributed by atoms with Crippen molar-refractivity contribution in [2.45, 2.75) is 19.4 Å². The molecular weight excluding hydrogens is 232 g/mol. The molecule has 0 aromatic carbocycles. The van der Waals surface area contributed by atoms with Crippen molar-refractivity contribution in [3.05, 3.63) is 0 Å². The van der Waals surface area contributed by atoms with E-state index in [1.165, 1.54) is 11.8 Å². The van der Waals surface area contributed by atoms with Crippen molar-refractivity contribution in [1.29, 1.82) is 0 Å². The molecule has 0 aromatic heterocycles. The van der Waals surface area contributed by atoms with Crippen molar-refractivity contribution in [1.82, 2.24) is 10.6 Å². The molecule has 0 heterocycles. The molecule has 0 bridgehead atoms. The van der Waals surface area contributed by atoms with E-state index < -0.39 is 12.0 Å². The first kappa shape index (κ1) is 14.8. The van der Waals surface area contributed by atoms with Crippen LogP contribution in [-0.2, 0) is 14.4 Å². The van der Waals surface area contributed by atoms with E-state index in [1.807, 2.05) is 6.92 Å². The first-order chi connectivity index (χ1) is 7.61. The lowest BCUT2D eigenvalue weighted by molar-refractivity contribution is -0.140.